The van der Waals surface area contributed by atoms with E-state index in [1.54, 1.807) is 4.90 Å². The summed E-state index contributed by atoms with van der Waals surface area (Å²) in [6, 6.07) is 9.28. The van der Waals surface area contributed by atoms with Crippen molar-refractivity contribution in [2.75, 3.05) is 16.9 Å². The molecular formula is C13H19NO3S. The highest BCUT2D eigenvalue weighted by molar-refractivity contribution is 7.90. The summed E-state index contributed by atoms with van der Waals surface area (Å²) in [5, 5.41) is 0. The Balaban J connectivity index is 2.84. The second kappa shape index (κ2) is 6.00. The molecule has 0 aliphatic heterocycles. The Morgan fingerprint density at radius 3 is 2.22 bits per heavy atom. The number of rotatable bonds is 5. The molecule has 0 aromatic heterocycles. The van der Waals surface area contributed by atoms with Gasteiger partial charge in [-0.3, -0.25) is 4.79 Å². The highest BCUT2D eigenvalue weighted by Crippen LogP contribution is 2.17. The molecular weight excluding hydrogens is 250 g/mol. The topological polar surface area (TPSA) is 54.5 Å². The lowest BCUT2D eigenvalue weighted by Crippen LogP contribution is -2.37. The molecule has 4 nitrogen and oxygen atoms in total. The van der Waals surface area contributed by atoms with E-state index in [1.807, 2.05) is 44.2 Å². The van der Waals surface area contributed by atoms with Crippen LogP contribution in [-0.4, -0.2) is 32.4 Å². The lowest BCUT2D eigenvalue weighted by Gasteiger charge is -2.26. The minimum absolute atomic E-state index is 0.000500. The van der Waals surface area contributed by atoms with Gasteiger partial charge >= 0.3 is 0 Å². The predicted molar refractivity (Wildman–Crippen MR) is 73.4 cm³/mol. The Hall–Kier alpha value is -1.36. The fourth-order valence-electron chi connectivity index (χ4n) is 1.71. The van der Waals surface area contributed by atoms with Gasteiger partial charge in [-0.15, -0.1) is 0 Å². The van der Waals surface area contributed by atoms with E-state index in [1.165, 1.54) is 0 Å². The monoisotopic (exact) mass is 269 g/mol. The highest BCUT2D eigenvalue weighted by Gasteiger charge is 2.19. The number of nitrogens with zero attached hydrogens (tertiary/aromatic N) is 1. The smallest absolute Gasteiger partial charge is 0.228 e. The van der Waals surface area contributed by atoms with E-state index in [4.69, 9.17) is 0 Å². The molecule has 5 heteroatoms. The van der Waals surface area contributed by atoms with Gasteiger partial charge in [0.05, 0.1) is 5.75 Å². The Labute approximate surface area is 109 Å². The summed E-state index contributed by atoms with van der Waals surface area (Å²) < 4.78 is 22.2. The largest absolute Gasteiger partial charge is 0.310 e. The van der Waals surface area contributed by atoms with Crippen molar-refractivity contribution in [1.29, 1.82) is 0 Å². The van der Waals surface area contributed by atoms with Gasteiger partial charge < -0.3 is 4.90 Å². The number of amides is 1. The number of carbonyl (C=O) groups excluding carboxylic acids is 1. The lowest BCUT2D eigenvalue weighted by atomic mass is 10.2. The van der Waals surface area contributed by atoms with Crippen molar-refractivity contribution in [2.24, 2.45) is 0 Å². The molecule has 100 valence electrons. The number of para-hydroxylation sites is 1. The predicted octanol–water partition coefficient (Wildman–Crippen LogP) is 1.86. The molecule has 0 fully saturated rings. The molecule has 0 unspecified atom stereocenters. The lowest BCUT2D eigenvalue weighted by molar-refractivity contribution is -0.118. The number of hydrogen-bond acceptors (Lipinski definition) is 3. The first-order chi connectivity index (χ1) is 8.31. The van der Waals surface area contributed by atoms with Crippen molar-refractivity contribution in [2.45, 2.75) is 26.3 Å². The van der Waals surface area contributed by atoms with Gasteiger partial charge in [-0.1, -0.05) is 18.2 Å². The molecule has 1 amide bonds. The molecule has 0 aliphatic rings. The maximum atomic E-state index is 12.1. The number of carbonyl (C=O) groups is 1. The van der Waals surface area contributed by atoms with Crippen LogP contribution in [0.5, 0.6) is 0 Å². The SMILES string of the molecule is CC(C)N(C(=O)CCS(C)(=O)=O)c1ccccc1. The van der Waals surface area contributed by atoms with Crippen LogP contribution >= 0.6 is 0 Å². The summed E-state index contributed by atoms with van der Waals surface area (Å²) in [4.78, 5) is 13.7. The van der Waals surface area contributed by atoms with E-state index in [-0.39, 0.29) is 24.1 Å². The second-order valence-electron chi connectivity index (χ2n) is 4.57. The van der Waals surface area contributed by atoms with E-state index >= 15 is 0 Å². The van der Waals surface area contributed by atoms with Crippen molar-refractivity contribution in [1.82, 2.24) is 0 Å². The number of hydrogen-bond donors (Lipinski definition) is 0. The molecule has 0 aliphatic carbocycles. The quantitative estimate of drug-likeness (QED) is 0.820. The summed E-state index contributed by atoms with van der Waals surface area (Å²) >= 11 is 0. The summed E-state index contributed by atoms with van der Waals surface area (Å²) in [7, 11) is -3.11. The van der Waals surface area contributed by atoms with E-state index in [9.17, 15) is 13.2 Å². The first kappa shape index (κ1) is 14.7. The van der Waals surface area contributed by atoms with E-state index < -0.39 is 9.84 Å². The van der Waals surface area contributed by atoms with Gasteiger partial charge in [0.2, 0.25) is 5.91 Å². The second-order valence-corrected chi connectivity index (χ2v) is 6.83. The molecule has 0 heterocycles. The van der Waals surface area contributed by atoms with Crippen LogP contribution in [0.3, 0.4) is 0 Å². The van der Waals surface area contributed by atoms with Crippen LogP contribution in [0.15, 0.2) is 30.3 Å². The van der Waals surface area contributed by atoms with Crippen molar-refractivity contribution in [3.05, 3.63) is 30.3 Å². The maximum absolute atomic E-state index is 12.1. The molecule has 0 saturated heterocycles. The van der Waals surface area contributed by atoms with Crippen molar-refractivity contribution >= 4 is 21.4 Å². The molecule has 18 heavy (non-hydrogen) atoms. The number of anilines is 1. The zero-order valence-corrected chi connectivity index (χ0v) is 11.8. The van der Waals surface area contributed by atoms with Crippen LogP contribution in [-0.2, 0) is 14.6 Å². The van der Waals surface area contributed by atoms with Gasteiger partial charge in [0.1, 0.15) is 9.84 Å². The molecule has 1 aromatic carbocycles. The van der Waals surface area contributed by atoms with Crippen LogP contribution in [0.4, 0.5) is 5.69 Å². The molecule has 1 rings (SSSR count). The summed E-state index contributed by atoms with van der Waals surface area (Å²) in [6.45, 7) is 3.82. The third-order valence-corrected chi connectivity index (χ3v) is 3.45. The molecule has 0 spiro atoms. The van der Waals surface area contributed by atoms with Gasteiger partial charge in [0, 0.05) is 24.4 Å². The van der Waals surface area contributed by atoms with Crippen molar-refractivity contribution in [3.8, 4) is 0 Å². The Morgan fingerprint density at radius 2 is 1.78 bits per heavy atom. The van der Waals surface area contributed by atoms with Crippen molar-refractivity contribution < 1.29 is 13.2 Å². The zero-order chi connectivity index (χ0) is 13.8. The van der Waals surface area contributed by atoms with Gasteiger partial charge in [-0.2, -0.15) is 0 Å². The minimum Gasteiger partial charge on any atom is -0.310 e. The van der Waals surface area contributed by atoms with Crippen LogP contribution in [0.2, 0.25) is 0 Å². The van der Waals surface area contributed by atoms with Crippen LogP contribution in [0.25, 0.3) is 0 Å². The normalized spacial score (nSPS) is 11.6. The Bertz CT molecular complexity index is 494. The molecule has 0 N–H and O–H groups in total. The van der Waals surface area contributed by atoms with Crippen LogP contribution < -0.4 is 4.90 Å². The first-order valence-electron chi connectivity index (χ1n) is 5.86. The summed E-state index contributed by atoms with van der Waals surface area (Å²) in [5.41, 5.74) is 0.797. The Morgan fingerprint density at radius 1 is 1.22 bits per heavy atom. The molecule has 0 atom stereocenters. The third-order valence-electron chi connectivity index (χ3n) is 2.51. The summed E-state index contributed by atoms with van der Waals surface area (Å²) in [6.07, 6.45) is 1.16. The fraction of sp³-hybridized carbons (Fsp3) is 0.462. The van der Waals surface area contributed by atoms with Crippen molar-refractivity contribution in [3.63, 3.8) is 0 Å². The van der Waals surface area contributed by atoms with Gasteiger partial charge in [-0.25, -0.2) is 8.42 Å². The fourth-order valence-corrected chi connectivity index (χ4v) is 2.26. The third kappa shape index (κ3) is 4.49. The van der Waals surface area contributed by atoms with Gasteiger partial charge in [-0.05, 0) is 26.0 Å². The van der Waals surface area contributed by atoms with E-state index in [0.717, 1.165) is 11.9 Å². The Kier molecular flexibility index (Phi) is 4.90. The highest BCUT2D eigenvalue weighted by atomic mass is 32.2. The van der Waals surface area contributed by atoms with E-state index in [0.29, 0.717) is 0 Å². The first-order valence-corrected chi connectivity index (χ1v) is 7.92. The van der Waals surface area contributed by atoms with Crippen LogP contribution in [0.1, 0.15) is 20.3 Å². The molecule has 0 saturated carbocycles. The average Bonchev–Trinajstić information content (AvgIpc) is 2.26. The maximum Gasteiger partial charge on any atom is 0.228 e. The van der Waals surface area contributed by atoms with Crippen LogP contribution in [0, 0.1) is 0 Å². The molecule has 0 radical (unpaired) electrons. The van der Waals surface area contributed by atoms with Gasteiger partial charge in [0.15, 0.2) is 0 Å². The summed E-state index contributed by atoms with van der Waals surface area (Å²) in [5.74, 6) is -0.274. The number of benzene rings is 1. The molecule has 1 aromatic rings. The van der Waals surface area contributed by atoms with E-state index in [2.05, 4.69) is 0 Å². The number of sulfone groups is 1. The average molecular weight is 269 g/mol. The zero-order valence-electron chi connectivity index (χ0n) is 11.0. The minimum atomic E-state index is -3.11. The van der Waals surface area contributed by atoms with Gasteiger partial charge in [0.25, 0.3) is 0 Å². The standard InChI is InChI=1S/C13H19NO3S/c1-11(2)14(12-7-5-4-6-8-12)13(15)9-10-18(3,16)17/h4-8,11H,9-10H2,1-3H3. The molecule has 0 bridgehead atoms.